The predicted molar refractivity (Wildman–Crippen MR) is 98.5 cm³/mol. The summed E-state index contributed by atoms with van der Waals surface area (Å²) in [5.41, 5.74) is 0.0935. The smallest absolute Gasteiger partial charge is 0.413 e. The SMILES string of the molecule is CCN(C(=O)O)C1=N[C@@H]2[C@@H](F)[C@H](OCc3ccccc3)[C@@H](C(C)=O)O[C@@H]2S1. The summed E-state index contributed by atoms with van der Waals surface area (Å²) in [7, 11) is 0. The Morgan fingerprint density at radius 1 is 1.37 bits per heavy atom. The van der Waals surface area contributed by atoms with Crippen LogP contribution in [-0.4, -0.2) is 63.5 Å². The Hall–Kier alpha value is -1.97. The Labute approximate surface area is 160 Å². The van der Waals surface area contributed by atoms with Gasteiger partial charge in [0.25, 0.3) is 0 Å². The lowest BCUT2D eigenvalue weighted by atomic mass is 9.97. The highest BCUT2D eigenvalue weighted by atomic mass is 32.2. The van der Waals surface area contributed by atoms with Gasteiger partial charge >= 0.3 is 6.09 Å². The first-order valence-corrected chi connectivity index (χ1v) is 9.50. The van der Waals surface area contributed by atoms with Gasteiger partial charge in [0.05, 0.1) is 6.61 Å². The minimum absolute atomic E-state index is 0.135. The number of benzene rings is 1. The molecule has 0 saturated carbocycles. The third kappa shape index (κ3) is 4.15. The number of Topliss-reactive ketones (excluding diaryl/α,β-unsaturated/α-hetero) is 1. The van der Waals surface area contributed by atoms with E-state index in [1.807, 2.05) is 30.3 Å². The van der Waals surface area contributed by atoms with E-state index in [1.165, 1.54) is 6.92 Å². The Morgan fingerprint density at radius 2 is 2.07 bits per heavy atom. The summed E-state index contributed by atoms with van der Waals surface area (Å²) < 4.78 is 26.7. The van der Waals surface area contributed by atoms with Crippen LogP contribution in [0.1, 0.15) is 19.4 Å². The Morgan fingerprint density at radius 3 is 2.67 bits per heavy atom. The number of hydrogen-bond acceptors (Lipinski definition) is 6. The molecule has 1 N–H and O–H groups in total. The third-order valence-electron chi connectivity index (χ3n) is 4.44. The molecule has 0 unspecified atom stereocenters. The van der Waals surface area contributed by atoms with Crippen LogP contribution in [0.4, 0.5) is 9.18 Å². The van der Waals surface area contributed by atoms with Gasteiger partial charge in [-0.25, -0.2) is 9.18 Å². The van der Waals surface area contributed by atoms with Crippen LogP contribution >= 0.6 is 11.8 Å². The number of carbonyl (C=O) groups is 2. The Bertz CT molecular complexity index is 732. The molecule has 2 aliphatic rings. The number of rotatable bonds is 5. The van der Waals surface area contributed by atoms with Crippen LogP contribution < -0.4 is 0 Å². The van der Waals surface area contributed by atoms with E-state index in [9.17, 15) is 14.7 Å². The Kier molecular flexibility index (Phi) is 6.13. The van der Waals surface area contributed by atoms with Crippen molar-refractivity contribution in [1.29, 1.82) is 0 Å². The molecule has 5 atom stereocenters. The molecule has 1 amide bonds. The van der Waals surface area contributed by atoms with Crippen molar-refractivity contribution in [3.05, 3.63) is 35.9 Å². The van der Waals surface area contributed by atoms with Crippen molar-refractivity contribution in [2.45, 2.75) is 50.3 Å². The first-order valence-electron chi connectivity index (χ1n) is 8.62. The summed E-state index contributed by atoms with van der Waals surface area (Å²) in [4.78, 5) is 28.6. The topological polar surface area (TPSA) is 88.4 Å². The van der Waals surface area contributed by atoms with Crippen LogP contribution in [0, 0.1) is 0 Å². The Balaban J connectivity index is 1.78. The second-order valence-electron chi connectivity index (χ2n) is 6.29. The molecule has 1 fully saturated rings. The number of carbonyl (C=O) groups excluding carboxylic acids is 1. The number of amidine groups is 1. The fourth-order valence-corrected chi connectivity index (χ4v) is 4.31. The van der Waals surface area contributed by atoms with Gasteiger partial charge in [0.15, 0.2) is 17.1 Å². The van der Waals surface area contributed by atoms with Crippen molar-refractivity contribution in [2.75, 3.05) is 6.54 Å². The summed E-state index contributed by atoms with van der Waals surface area (Å²) in [6.45, 7) is 3.31. The highest BCUT2D eigenvalue weighted by Gasteiger charge is 2.52. The number of carboxylic acid groups (broad SMARTS) is 1. The molecular weight excluding hydrogens is 375 g/mol. The van der Waals surface area contributed by atoms with E-state index in [0.717, 1.165) is 22.2 Å². The van der Waals surface area contributed by atoms with Crippen molar-refractivity contribution in [3.8, 4) is 0 Å². The number of fused-ring (bicyclic) bond motifs is 1. The standard InChI is InChI=1S/C18H21FN2O5S/c1-3-21(18(23)24)17-20-13-12(19)15(14(10(2)22)26-16(13)27-17)25-9-11-7-5-4-6-8-11/h4-8,12-16H,3,9H2,1-2H3,(H,23,24)/t12-,13-,14-,15+,16-/m1/s1. The molecule has 3 rings (SSSR count). The van der Waals surface area contributed by atoms with Gasteiger partial charge in [-0.2, -0.15) is 0 Å². The van der Waals surface area contributed by atoms with Crippen LogP contribution in [0.3, 0.4) is 0 Å². The maximum absolute atomic E-state index is 15.2. The number of alkyl halides is 1. The first-order chi connectivity index (χ1) is 12.9. The van der Waals surface area contributed by atoms with E-state index < -0.39 is 36.0 Å². The predicted octanol–water partition coefficient (Wildman–Crippen LogP) is 2.70. The molecule has 0 bridgehead atoms. The molecular formula is C18H21FN2O5S. The second-order valence-corrected chi connectivity index (χ2v) is 7.35. The van der Waals surface area contributed by atoms with Crippen LogP contribution in [-0.2, 0) is 20.9 Å². The molecule has 2 aliphatic heterocycles. The lowest BCUT2D eigenvalue weighted by molar-refractivity contribution is -0.172. The van der Waals surface area contributed by atoms with Crippen LogP contribution in [0.5, 0.6) is 0 Å². The van der Waals surface area contributed by atoms with Crippen LogP contribution in [0.2, 0.25) is 0 Å². The van der Waals surface area contributed by atoms with Gasteiger partial charge in [0, 0.05) is 6.54 Å². The minimum Gasteiger partial charge on any atom is -0.465 e. The molecule has 2 heterocycles. The number of ether oxygens (including phenoxy) is 2. The highest BCUT2D eigenvalue weighted by molar-refractivity contribution is 8.14. The summed E-state index contributed by atoms with van der Waals surface area (Å²) in [5, 5.41) is 9.43. The third-order valence-corrected chi connectivity index (χ3v) is 5.60. The fourth-order valence-electron chi connectivity index (χ4n) is 3.06. The number of halogens is 1. The minimum atomic E-state index is -1.58. The summed E-state index contributed by atoms with van der Waals surface area (Å²) in [6.07, 6.45) is -4.92. The average Bonchev–Trinajstić information content (AvgIpc) is 3.06. The number of amides is 1. The van der Waals surface area contributed by atoms with Gasteiger partial charge in [0.1, 0.15) is 23.7 Å². The molecule has 9 heteroatoms. The van der Waals surface area contributed by atoms with E-state index in [0.29, 0.717) is 0 Å². The maximum Gasteiger partial charge on any atom is 0.413 e. The summed E-state index contributed by atoms with van der Waals surface area (Å²) >= 11 is 1.02. The maximum atomic E-state index is 15.2. The van der Waals surface area contributed by atoms with E-state index in [-0.39, 0.29) is 24.1 Å². The lowest BCUT2D eigenvalue weighted by Crippen LogP contribution is -2.56. The number of hydrogen-bond donors (Lipinski definition) is 1. The number of nitrogens with zero attached hydrogens (tertiary/aromatic N) is 2. The quantitative estimate of drug-likeness (QED) is 0.823. The molecule has 7 nitrogen and oxygen atoms in total. The molecule has 0 aromatic heterocycles. The van der Waals surface area contributed by atoms with Crippen molar-refractivity contribution in [1.82, 2.24) is 4.90 Å². The molecule has 0 aliphatic carbocycles. The molecule has 0 radical (unpaired) electrons. The largest absolute Gasteiger partial charge is 0.465 e. The lowest BCUT2D eigenvalue weighted by Gasteiger charge is -2.38. The summed E-state index contributed by atoms with van der Waals surface area (Å²) in [6, 6.07) is 8.32. The van der Waals surface area contributed by atoms with Gasteiger partial charge in [0.2, 0.25) is 0 Å². The molecule has 146 valence electrons. The number of aliphatic imine (C=N–C) groups is 1. The molecule has 1 aromatic rings. The van der Waals surface area contributed by atoms with Crippen molar-refractivity contribution in [2.24, 2.45) is 4.99 Å². The zero-order valence-electron chi connectivity index (χ0n) is 14.9. The van der Waals surface area contributed by atoms with Gasteiger partial charge in [-0.05, 0) is 19.4 Å². The zero-order valence-corrected chi connectivity index (χ0v) is 15.8. The fraction of sp³-hybridized carbons (Fsp3) is 0.500. The van der Waals surface area contributed by atoms with Crippen molar-refractivity contribution in [3.63, 3.8) is 0 Å². The number of thioether (sulfide) groups is 1. The highest BCUT2D eigenvalue weighted by Crippen LogP contribution is 2.40. The molecule has 1 saturated heterocycles. The summed E-state index contributed by atoms with van der Waals surface area (Å²) in [5.74, 6) is -0.339. The normalized spacial score (nSPS) is 29.7. The zero-order chi connectivity index (χ0) is 19.6. The molecule has 27 heavy (non-hydrogen) atoms. The van der Waals surface area contributed by atoms with E-state index >= 15 is 4.39 Å². The van der Waals surface area contributed by atoms with E-state index in [2.05, 4.69) is 4.99 Å². The molecule has 1 aromatic carbocycles. The van der Waals surface area contributed by atoms with Gasteiger partial charge in [-0.3, -0.25) is 14.7 Å². The van der Waals surface area contributed by atoms with Crippen molar-refractivity contribution >= 4 is 28.8 Å². The van der Waals surface area contributed by atoms with Crippen LogP contribution in [0.25, 0.3) is 0 Å². The van der Waals surface area contributed by atoms with Crippen molar-refractivity contribution < 1.29 is 28.6 Å². The monoisotopic (exact) mass is 396 g/mol. The number of ketones is 1. The van der Waals surface area contributed by atoms with Gasteiger partial charge in [-0.1, -0.05) is 42.1 Å². The molecule has 0 spiro atoms. The first kappa shape index (κ1) is 19.8. The average molecular weight is 396 g/mol. The van der Waals surface area contributed by atoms with Crippen LogP contribution in [0.15, 0.2) is 35.3 Å². The van der Waals surface area contributed by atoms with E-state index in [1.54, 1.807) is 6.92 Å². The second kappa shape index (κ2) is 8.37. The van der Waals surface area contributed by atoms with Gasteiger partial charge < -0.3 is 14.6 Å². The van der Waals surface area contributed by atoms with E-state index in [4.69, 9.17) is 9.47 Å². The van der Waals surface area contributed by atoms with Gasteiger partial charge in [-0.15, -0.1) is 0 Å².